The summed E-state index contributed by atoms with van der Waals surface area (Å²) in [5, 5.41) is 13.2. The molecular formula is C15H20N2S. The summed E-state index contributed by atoms with van der Waals surface area (Å²) in [6.07, 6.45) is 1.07. The molecule has 3 heteroatoms. The molecule has 1 unspecified atom stereocenters. The molecule has 0 amide bonds. The first-order valence-electron chi connectivity index (χ1n) is 6.34. The molecule has 1 aromatic rings. The molecule has 0 bridgehead atoms. The van der Waals surface area contributed by atoms with Crippen molar-refractivity contribution in [1.29, 1.82) is 5.26 Å². The van der Waals surface area contributed by atoms with E-state index >= 15 is 0 Å². The van der Waals surface area contributed by atoms with Gasteiger partial charge in [0, 0.05) is 16.9 Å². The highest BCUT2D eigenvalue weighted by Crippen LogP contribution is 2.44. The minimum atomic E-state index is -0.470. The van der Waals surface area contributed by atoms with Gasteiger partial charge in [0.1, 0.15) is 5.54 Å². The van der Waals surface area contributed by atoms with E-state index in [9.17, 15) is 5.26 Å². The van der Waals surface area contributed by atoms with Gasteiger partial charge in [-0.15, -0.1) is 0 Å². The number of hydrogen-bond acceptors (Lipinski definition) is 3. The van der Waals surface area contributed by atoms with Gasteiger partial charge in [-0.05, 0) is 30.7 Å². The molecule has 1 saturated heterocycles. The quantitative estimate of drug-likeness (QED) is 0.877. The number of aryl methyl sites for hydroxylation is 1. The Kier molecular flexibility index (Phi) is 3.59. The molecule has 96 valence electrons. The molecule has 0 aromatic heterocycles. The second kappa shape index (κ2) is 4.85. The normalized spacial score (nSPS) is 26.3. The fourth-order valence-corrected chi connectivity index (χ4v) is 3.95. The Labute approximate surface area is 114 Å². The third-order valence-electron chi connectivity index (χ3n) is 4.03. The van der Waals surface area contributed by atoms with E-state index in [0.29, 0.717) is 0 Å². The number of thioether (sulfide) groups is 1. The number of anilines is 1. The lowest BCUT2D eigenvalue weighted by molar-refractivity contribution is 0.248. The fourth-order valence-electron chi connectivity index (χ4n) is 2.32. The van der Waals surface area contributed by atoms with Gasteiger partial charge in [0.05, 0.1) is 6.07 Å². The molecule has 1 aliphatic heterocycles. The molecule has 2 rings (SSSR count). The van der Waals surface area contributed by atoms with Crippen molar-refractivity contribution in [1.82, 2.24) is 0 Å². The van der Waals surface area contributed by atoms with Crippen molar-refractivity contribution < 1.29 is 0 Å². The van der Waals surface area contributed by atoms with E-state index in [-0.39, 0.29) is 5.41 Å². The third kappa shape index (κ3) is 2.22. The Morgan fingerprint density at radius 3 is 2.67 bits per heavy atom. The summed E-state index contributed by atoms with van der Waals surface area (Å²) in [5.41, 5.74) is 1.80. The third-order valence-corrected chi connectivity index (χ3v) is 5.16. The maximum absolute atomic E-state index is 9.70. The van der Waals surface area contributed by atoms with Gasteiger partial charge in [-0.3, -0.25) is 0 Å². The summed E-state index contributed by atoms with van der Waals surface area (Å²) >= 11 is 1.87. The zero-order chi connectivity index (χ0) is 13.2. The molecule has 1 atom stereocenters. The van der Waals surface area contributed by atoms with Crippen LogP contribution in [0.25, 0.3) is 0 Å². The Hall–Kier alpha value is -1.14. The molecule has 0 spiro atoms. The molecule has 1 heterocycles. The van der Waals surface area contributed by atoms with Gasteiger partial charge < -0.3 is 5.32 Å². The minimum Gasteiger partial charge on any atom is -0.366 e. The Bertz CT molecular complexity index is 476. The average molecular weight is 260 g/mol. The van der Waals surface area contributed by atoms with E-state index in [2.05, 4.69) is 44.3 Å². The van der Waals surface area contributed by atoms with Crippen LogP contribution in [-0.2, 0) is 0 Å². The number of nitrogens with zero attached hydrogens (tertiary/aromatic N) is 1. The summed E-state index contributed by atoms with van der Waals surface area (Å²) in [6, 6.07) is 10.7. The van der Waals surface area contributed by atoms with Gasteiger partial charge in [-0.1, -0.05) is 32.0 Å². The highest BCUT2D eigenvalue weighted by Gasteiger charge is 2.47. The molecule has 0 radical (unpaired) electrons. The van der Waals surface area contributed by atoms with Crippen LogP contribution in [0.1, 0.15) is 25.8 Å². The largest absolute Gasteiger partial charge is 0.366 e. The maximum Gasteiger partial charge on any atom is 0.139 e. The van der Waals surface area contributed by atoms with Crippen molar-refractivity contribution in [2.45, 2.75) is 32.7 Å². The molecule has 1 fully saturated rings. The zero-order valence-electron chi connectivity index (χ0n) is 11.3. The highest BCUT2D eigenvalue weighted by atomic mass is 32.2. The summed E-state index contributed by atoms with van der Waals surface area (Å²) in [4.78, 5) is 0. The molecular weight excluding hydrogens is 240 g/mol. The SMILES string of the molecule is Cc1ccccc1NC1(C#N)CSCCC1(C)C. The predicted molar refractivity (Wildman–Crippen MR) is 78.9 cm³/mol. The number of nitrogens with one attached hydrogen (secondary N) is 1. The monoisotopic (exact) mass is 260 g/mol. The number of nitriles is 1. The van der Waals surface area contributed by atoms with Crippen LogP contribution in [0, 0.1) is 23.7 Å². The maximum atomic E-state index is 9.70. The predicted octanol–water partition coefficient (Wildman–Crippen LogP) is 3.83. The van der Waals surface area contributed by atoms with E-state index in [0.717, 1.165) is 23.6 Å². The number of para-hydroxylation sites is 1. The minimum absolute atomic E-state index is 0.00468. The van der Waals surface area contributed by atoms with Crippen LogP contribution in [0.15, 0.2) is 24.3 Å². The highest BCUT2D eigenvalue weighted by molar-refractivity contribution is 7.99. The second-order valence-corrected chi connectivity index (χ2v) is 6.75. The first-order chi connectivity index (χ1) is 8.51. The van der Waals surface area contributed by atoms with E-state index in [1.165, 1.54) is 5.56 Å². The van der Waals surface area contributed by atoms with Crippen LogP contribution in [-0.4, -0.2) is 17.0 Å². The molecule has 0 saturated carbocycles. The standard InChI is InChI=1S/C15H20N2S/c1-12-6-4-5-7-13(12)17-15(10-16)11-18-9-8-14(15,2)3/h4-7,17H,8-9,11H2,1-3H3. The van der Waals surface area contributed by atoms with Crippen LogP contribution in [0.2, 0.25) is 0 Å². The summed E-state index contributed by atoms with van der Waals surface area (Å²) < 4.78 is 0. The van der Waals surface area contributed by atoms with Crippen molar-refractivity contribution >= 4 is 17.4 Å². The Morgan fingerprint density at radius 2 is 2.06 bits per heavy atom. The van der Waals surface area contributed by atoms with Gasteiger partial charge in [-0.25, -0.2) is 0 Å². The van der Waals surface area contributed by atoms with Gasteiger partial charge >= 0.3 is 0 Å². The lowest BCUT2D eigenvalue weighted by Gasteiger charge is -2.46. The number of rotatable bonds is 2. The summed E-state index contributed by atoms with van der Waals surface area (Å²) in [5.74, 6) is 2.00. The van der Waals surface area contributed by atoms with Crippen molar-refractivity contribution in [2.24, 2.45) is 5.41 Å². The number of hydrogen-bond donors (Lipinski definition) is 1. The van der Waals surface area contributed by atoms with E-state index in [1.807, 2.05) is 23.9 Å². The summed E-state index contributed by atoms with van der Waals surface area (Å²) in [6.45, 7) is 6.47. The zero-order valence-corrected chi connectivity index (χ0v) is 12.1. The van der Waals surface area contributed by atoms with Crippen molar-refractivity contribution in [2.75, 3.05) is 16.8 Å². The smallest absolute Gasteiger partial charge is 0.139 e. The number of benzene rings is 1. The van der Waals surface area contributed by atoms with Crippen LogP contribution >= 0.6 is 11.8 Å². The van der Waals surface area contributed by atoms with E-state index in [4.69, 9.17) is 0 Å². The molecule has 18 heavy (non-hydrogen) atoms. The molecule has 1 N–H and O–H groups in total. The lowest BCUT2D eigenvalue weighted by atomic mass is 9.71. The second-order valence-electron chi connectivity index (χ2n) is 5.64. The van der Waals surface area contributed by atoms with Gasteiger partial charge in [0.25, 0.3) is 0 Å². The van der Waals surface area contributed by atoms with E-state index in [1.54, 1.807) is 0 Å². The van der Waals surface area contributed by atoms with Crippen molar-refractivity contribution in [3.05, 3.63) is 29.8 Å². The Morgan fingerprint density at radius 1 is 1.33 bits per heavy atom. The molecule has 0 aliphatic carbocycles. The fraction of sp³-hybridized carbons (Fsp3) is 0.533. The first kappa shape index (κ1) is 13.3. The summed E-state index contributed by atoms with van der Waals surface area (Å²) in [7, 11) is 0. The topological polar surface area (TPSA) is 35.8 Å². The van der Waals surface area contributed by atoms with Crippen LogP contribution < -0.4 is 5.32 Å². The van der Waals surface area contributed by atoms with Crippen LogP contribution in [0.4, 0.5) is 5.69 Å². The van der Waals surface area contributed by atoms with Gasteiger partial charge in [0.15, 0.2) is 0 Å². The van der Waals surface area contributed by atoms with E-state index < -0.39 is 5.54 Å². The molecule has 1 aliphatic rings. The van der Waals surface area contributed by atoms with Crippen molar-refractivity contribution in [3.8, 4) is 6.07 Å². The van der Waals surface area contributed by atoms with Crippen LogP contribution in [0.3, 0.4) is 0 Å². The lowest BCUT2D eigenvalue weighted by Crippen LogP contribution is -2.54. The molecule has 2 nitrogen and oxygen atoms in total. The first-order valence-corrected chi connectivity index (χ1v) is 7.49. The van der Waals surface area contributed by atoms with Gasteiger partial charge in [-0.2, -0.15) is 17.0 Å². The average Bonchev–Trinajstić information content (AvgIpc) is 2.34. The van der Waals surface area contributed by atoms with Gasteiger partial charge in [0.2, 0.25) is 0 Å². The van der Waals surface area contributed by atoms with Crippen molar-refractivity contribution in [3.63, 3.8) is 0 Å². The Balaban J connectivity index is 2.34. The molecule has 1 aromatic carbocycles. The van der Waals surface area contributed by atoms with Crippen LogP contribution in [0.5, 0.6) is 0 Å².